The number of allylic oxidation sites excluding steroid dienone is 19. The van der Waals surface area contributed by atoms with Crippen LogP contribution in [-0.4, -0.2) is 64.2 Å². The van der Waals surface area contributed by atoms with Crippen LogP contribution in [0.2, 0.25) is 0 Å². The van der Waals surface area contributed by atoms with Crippen molar-refractivity contribution in [2.45, 2.75) is 202 Å². The molecule has 366 valence electrons. The normalized spacial score (nSPS) is 20.9. The van der Waals surface area contributed by atoms with Crippen LogP contribution < -0.4 is 0 Å². The molecule has 3 N–H and O–H groups in total. The Bertz CT molecular complexity index is 1910. The first-order valence-corrected chi connectivity index (χ1v) is 24.8. The lowest BCUT2D eigenvalue weighted by Gasteiger charge is -2.42. The average molecular weight is 909 g/mol. The van der Waals surface area contributed by atoms with Crippen molar-refractivity contribution >= 4 is 12.0 Å². The van der Waals surface area contributed by atoms with Crippen LogP contribution >= 0.6 is 0 Å². The zero-order chi connectivity index (χ0) is 48.9. The topological polar surface area (TPSA) is 105 Å². The van der Waals surface area contributed by atoms with E-state index < -0.39 is 36.3 Å². The highest BCUT2D eigenvalue weighted by Crippen LogP contribution is 2.29. The molecule has 2 rings (SSSR count). The van der Waals surface area contributed by atoms with E-state index in [1.54, 1.807) is 0 Å². The average Bonchev–Trinajstić information content (AvgIpc) is 3.26. The van der Waals surface area contributed by atoms with Gasteiger partial charge in [0.2, 0.25) is 0 Å². The third kappa shape index (κ3) is 24.6. The second kappa shape index (κ2) is 32.6. The lowest BCUT2D eigenvalue weighted by Crippen LogP contribution is -2.60. The number of esters is 1. The lowest BCUT2D eigenvalue weighted by atomic mass is 9.96. The maximum absolute atomic E-state index is 12.4. The van der Waals surface area contributed by atoms with E-state index in [9.17, 15) is 20.1 Å². The monoisotopic (exact) mass is 909 g/mol. The number of benzene rings is 1. The fourth-order valence-corrected chi connectivity index (χ4v) is 7.55. The van der Waals surface area contributed by atoms with E-state index in [-0.39, 0.29) is 12.6 Å². The van der Waals surface area contributed by atoms with Gasteiger partial charge in [-0.1, -0.05) is 196 Å². The van der Waals surface area contributed by atoms with Crippen LogP contribution in [0.5, 0.6) is 0 Å². The third-order valence-corrected chi connectivity index (χ3v) is 12.1. The largest absolute Gasteiger partial charge is 0.463 e. The minimum absolute atomic E-state index is 0.220. The van der Waals surface area contributed by atoms with Crippen molar-refractivity contribution in [1.82, 2.24) is 0 Å². The smallest absolute Gasteiger partial charge is 0.305 e. The number of aliphatic hydroxyl groups excluding tert-OH is 3. The molecular formula is C59H88O7. The molecule has 1 heterocycles. The Hall–Kier alpha value is -4.11. The fourth-order valence-electron chi connectivity index (χ4n) is 7.55. The fraction of sp³-hybridized carbons (Fsp3) is 0.542. The SMILES string of the molecule is CCCCCCCCCCCCC(=O)OCC1OC(OC(C)(C)CCCC(C)=CC=CC(C)=CC=CC(C)=CC=CC=C(C)C=CC=C(C)C=Cc2c(C)ccc(C)c2C)C(O)C(O)C1O. The third-order valence-electron chi connectivity index (χ3n) is 12.1. The summed E-state index contributed by atoms with van der Waals surface area (Å²) in [5.74, 6) is -0.358. The zero-order valence-electron chi connectivity index (χ0n) is 42.8. The highest BCUT2D eigenvalue weighted by atomic mass is 16.7. The van der Waals surface area contributed by atoms with Crippen LogP contribution in [-0.2, 0) is 19.0 Å². The Labute approximate surface area is 401 Å². The Kier molecular flexibility index (Phi) is 28.6. The van der Waals surface area contributed by atoms with Crippen molar-refractivity contribution in [1.29, 1.82) is 0 Å². The molecule has 0 bridgehead atoms. The predicted molar refractivity (Wildman–Crippen MR) is 278 cm³/mol. The molecule has 5 unspecified atom stereocenters. The molecule has 0 saturated carbocycles. The molecule has 0 aromatic heterocycles. The first-order chi connectivity index (χ1) is 31.4. The molecule has 1 saturated heterocycles. The van der Waals surface area contributed by atoms with Gasteiger partial charge in [-0.05, 0) is 117 Å². The number of carbonyl (C=O) groups excluding carboxylic acids is 1. The van der Waals surface area contributed by atoms with Crippen LogP contribution in [0.3, 0.4) is 0 Å². The molecule has 0 spiro atoms. The van der Waals surface area contributed by atoms with Crippen LogP contribution in [0.4, 0.5) is 0 Å². The summed E-state index contributed by atoms with van der Waals surface area (Å²) in [7, 11) is 0. The number of hydrogen-bond acceptors (Lipinski definition) is 7. The number of carbonyl (C=O) groups is 1. The Morgan fingerprint density at radius 1 is 0.621 bits per heavy atom. The highest BCUT2D eigenvalue weighted by Gasteiger charge is 2.46. The van der Waals surface area contributed by atoms with Gasteiger partial charge in [0.15, 0.2) is 6.29 Å². The van der Waals surface area contributed by atoms with Crippen LogP contribution in [0, 0.1) is 20.8 Å². The number of unbranched alkanes of at least 4 members (excludes halogenated alkanes) is 9. The standard InChI is InChI=1S/C59H88O7/c1-12-13-14-15-16-17-18-19-20-21-37-54(60)64-43-53-55(61)56(62)57(63)58(65-53)66-59(10,11)42-27-36-47(5)34-25-33-46(4)32-24-30-44(2)28-22-23-29-45(3)31-26-35-48(6)38-41-52-50(8)40-39-49(7)51(52)9/h22-26,28-35,38-41,53,55-58,61-63H,12-21,27,36-37,42-43H2,1-11H3. The molecule has 1 aromatic rings. The molecule has 5 atom stereocenters. The summed E-state index contributed by atoms with van der Waals surface area (Å²) >= 11 is 0. The van der Waals surface area contributed by atoms with Crippen molar-refractivity contribution in [3.05, 3.63) is 147 Å². The molecule has 1 aliphatic heterocycles. The maximum atomic E-state index is 12.4. The first-order valence-electron chi connectivity index (χ1n) is 24.8. The van der Waals surface area contributed by atoms with E-state index in [1.165, 1.54) is 83.9 Å². The van der Waals surface area contributed by atoms with E-state index >= 15 is 0 Å². The van der Waals surface area contributed by atoms with Crippen molar-refractivity contribution in [3.63, 3.8) is 0 Å². The Morgan fingerprint density at radius 2 is 1.12 bits per heavy atom. The summed E-state index contributed by atoms with van der Waals surface area (Å²) < 4.78 is 17.5. The van der Waals surface area contributed by atoms with Gasteiger partial charge in [-0.3, -0.25) is 4.79 Å². The van der Waals surface area contributed by atoms with Gasteiger partial charge >= 0.3 is 5.97 Å². The van der Waals surface area contributed by atoms with E-state index in [2.05, 4.69) is 166 Å². The molecule has 7 heteroatoms. The molecule has 66 heavy (non-hydrogen) atoms. The van der Waals surface area contributed by atoms with Crippen molar-refractivity contribution in [3.8, 4) is 0 Å². The van der Waals surface area contributed by atoms with Crippen LogP contribution in [0.25, 0.3) is 6.08 Å². The van der Waals surface area contributed by atoms with Gasteiger partial charge in [0, 0.05) is 6.42 Å². The minimum Gasteiger partial charge on any atom is -0.463 e. The van der Waals surface area contributed by atoms with Gasteiger partial charge in [-0.25, -0.2) is 0 Å². The molecule has 0 radical (unpaired) electrons. The van der Waals surface area contributed by atoms with Gasteiger partial charge in [0.25, 0.3) is 0 Å². The summed E-state index contributed by atoms with van der Waals surface area (Å²) in [5.41, 5.74) is 10.5. The van der Waals surface area contributed by atoms with Crippen LogP contribution in [0.1, 0.15) is 168 Å². The van der Waals surface area contributed by atoms with Crippen molar-refractivity contribution in [2.24, 2.45) is 0 Å². The number of hydrogen-bond donors (Lipinski definition) is 3. The molecule has 0 aliphatic carbocycles. The van der Waals surface area contributed by atoms with E-state index in [0.29, 0.717) is 12.8 Å². The number of aryl methyl sites for hydroxylation is 2. The molecule has 0 amide bonds. The van der Waals surface area contributed by atoms with Crippen LogP contribution in [0.15, 0.2) is 125 Å². The number of aliphatic hydroxyl groups is 3. The molecular weight excluding hydrogens is 821 g/mol. The maximum Gasteiger partial charge on any atom is 0.305 e. The van der Waals surface area contributed by atoms with Gasteiger partial charge < -0.3 is 29.5 Å². The Morgan fingerprint density at radius 3 is 1.70 bits per heavy atom. The molecule has 1 aromatic carbocycles. The summed E-state index contributed by atoms with van der Waals surface area (Å²) in [6, 6.07) is 4.37. The summed E-state index contributed by atoms with van der Waals surface area (Å²) in [6.45, 7) is 22.8. The van der Waals surface area contributed by atoms with E-state index in [1.807, 2.05) is 13.8 Å². The van der Waals surface area contributed by atoms with Gasteiger partial charge in [0.1, 0.15) is 31.0 Å². The summed E-state index contributed by atoms with van der Waals surface area (Å²) in [5, 5.41) is 31.9. The van der Waals surface area contributed by atoms with E-state index in [4.69, 9.17) is 14.2 Å². The van der Waals surface area contributed by atoms with Gasteiger partial charge in [-0.15, -0.1) is 0 Å². The Balaban J connectivity index is 1.75. The number of rotatable bonds is 29. The van der Waals surface area contributed by atoms with E-state index in [0.717, 1.165) is 43.3 Å². The first kappa shape index (κ1) is 58.0. The van der Waals surface area contributed by atoms with Gasteiger partial charge in [0.05, 0.1) is 5.60 Å². The summed E-state index contributed by atoms with van der Waals surface area (Å²) in [4.78, 5) is 12.4. The molecule has 7 nitrogen and oxygen atoms in total. The van der Waals surface area contributed by atoms with Crippen molar-refractivity contribution in [2.75, 3.05) is 6.61 Å². The second-order valence-corrected chi connectivity index (χ2v) is 19.1. The number of ether oxygens (including phenoxy) is 3. The lowest BCUT2D eigenvalue weighted by molar-refractivity contribution is -0.324. The van der Waals surface area contributed by atoms with Crippen molar-refractivity contribution < 1.29 is 34.3 Å². The second-order valence-electron chi connectivity index (χ2n) is 19.1. The predicted octanol–water partition coefficient (Wildman–Crippen LogP) is 14.2. The molecule has 1 aliphatic rings. The summed E-state index contributed by atoms with van der Waals surface area (Å²) in [6.07, 6.45) is 39.5. The van der Waals surface area contributed by atoms with Gasteiger partial charge in [-0.2, -0.15) is 0 Å². The molecule has 1 fully saturated rings. The zero-order valence-corrected chi connectivity index (χ0v) is 42.8. The highest BCUT2D eigenvalue weighted by molar-refractivity contribution is 5.69. The minimum atomic E-state index is -1.49. The quantitative estimate of drug-likeness (QED) is 0.0418.